The predicted molar refractivity (Wildman–Crippen MR) is 101 cm³/mol. The van der Waals surface area contributed by atoms with E-state index in [9.17, 15) is 5.11 Å². The second kappa shape index (κ2) is 6.33. The number of pyridine rings is 2. The third kappa shape index (κ3) is 2.88. The third-order valence-corrected chi connectivity index (χ3v) is 4.11. The molecule has 0 fully saturated rings. The SMILES string of the molecule is Cc1cc(-c2[nH]c(-c3ccccc3)nc2-c2cnc(N)c(O)c2)ccn1. The Morgan fingerprint density at radius 2 is 1.77 bits per heavy atom. The normalized spacial score (nSPS) is 10.8. The molecule has 1 aromatic carbocycles. The Morgan fingerprint density at radius 1 is 0.962 bits per heavy atom. The molecule has 6 nitrogen and oxygen atoms in total. The molecule has 0 saturated carbocycles. The molecule has 128 valence electrons. The van der Waals surface area contributed by atoms with Gasteiger partial charge < -0.3 is 15.8 Å². The summed E-state index contributed by atoms with van der Waals surface area (Å²) in [4.78, 5) is 16.5. The largest absolute Gasteiger partial charge is 0.504 e. The summed E-state index contributed by atoms with van der Waals surface area (Å²) < 4.78 is 0. The fourth-order valence-corrected chi connectivity index (χ4v) is 2.82. The van der Waals surface area contributed by atoms with E-state index in [1.165, 1.54) is 0 Å². The van der Waals surface area contributed by atoms with Crippen LogP contribution in [0.5, 0.6) is 5.75 Å². The highest BCUT2D eigenvalue weighted by Gasteiger charge is 2.17. The lowest BCUT2D eigenvalue weighted by Crippen LogP contribution is -1.92. The first kappa shape index (κ1) is 15.8. The Morgan fingerprint density at radius 3 is 2.50 bits per heavy atom. The van der Waals surface area contributed by atoms with Gasteiger partial charge in [0.2, 0.25) is 0 Å². The van der Waals surface area contributed by atoms with Crippen molar-refractivity contribution < 1.29 is 5.11 Å². The second-order valence-corrected chi connectivity index (χ2v) is 5.99. The van der Waals surface area contributed by atoms with Crippen LogP contribution in [-0.4, -0.2) is 25.0 Å². The Hall–Kier alpha value is -3.67. The van der Waals surface area contributed by atoms with Crippen LogP contribution in [0.4, 0.5) is 5.82 Å². The highest BCUT2D eigenvalue weighted by Crippen LogP contribution is 2.34. The monoisotopic (exact) mass is 343 g/mol. The summed E-state index contributed by atoms with van der Waals surface area (Å²) in [6.45, 7) is 1.94. The Kier molecular flexibility index (Phi) is 3.85. The van der Waals surface area contributed by atoms with Crippen molar-refractivity contribution in [2.24, 2.45) is 0 Å². The minimum atomic E-state index is -0.0661. The molecule has 0 aliphatic rings. The lowest BCUT2D eigenvalue weighted by Gasteiger charge is -2.05. The van der Waals surface area contributed by atoms with Crippen molar-refractivity contribution in [1.82, 2.24) is 19.9 Å². The molecular formula is C20H17N5O. The van der Waals surface area contributed by atoms with E-state index >= 15 is 0 Å². The number of aromatic nitrogens is 4. The van der Waals surface area contributed by atoms with Crippen LogP contribution in [0.3, 0.4) is 0 Å². The Balaban J connectivity index is 1.93. The van der Waals surface area contributed by atoms with E-state index in [-0.39, 0.29) is 11.6 Å². The first-order valence-electron chi connectivity index (χ1n) is 8.15. The van der Waals surface area contributed by atoms with Gasteiger partial charge in [0.1, 0.15) is 5.82 Å². The first-order valence-corrected chi connectivity index (χ1v) is 8.15. The van der Waals surface area contributed by atoms with Gasteiger partial charge in [-0.1, -0.05) is 30.3 Å². The van der Waals surface area contributed by atoms with Crippen molar-refractivity contribution in [1.29, 1.82) is 0 Å². The van der Waals surface area contributed by atoms with E-state index in [2.05, 4.69) is 15.0 Å². The van der Waals surface area contributed by atoms with Gasteiger partial charge in [-0.05, 0) is 25.1 Å². The molecule has 0 spiro atoms. The van der Waals surface area contributed by atoms with Crippen molar-refractivity contribution >= 4 is 5.82 Å². The highest BCUT2D eigenvalue weighted by atomic mass is 16.3. The number of nitrogens with zero attached hydrogens (tertiary/aromatic N) is 3. The Bertz CT molecular complexity index is 1070. The summed E-state index contributed by atoms with van der Waals surface area (Å²) >= 11 is 0. The van der Waals surface area contributed by atoms with Crippen LogP contribution >= 0.6 is 0 Å². The molecule has 3 heterocycles. The summed E-state index contributed by atoms with van der Waals surface area (Å²) in [6.07, 6.45) is 3.37. The van der Waals surface area contributed by atoms with E-state index in [4.69, 9.17) is 10.7 Å². The summed E-state index contributed by atoms with van der Waals surface area (Å²) in [5.41, 5.74) is 10.7. The van der Waals surface area contributed by atoms with Gasteiger partial charge in [0.25, 0.3) is 0 Å². The second-order valence-electron chi connectivity index (χ2n) is 5.99. The maximum Gasteiger partial charge on any atom is 0.165 e. The zero-order valence-corrected chi connectivity index (χ0v) is 14.1. The van der Waals surface area contributed by atoms with Crippen molar-refractivity contribution in [2.45, 2.75) is 6.92 Å². The minimum Gasteiger partial charge on any atom is -0.504 e. The lowest BCUT2D eigenvalue weighted by molar-refractivity contribution is 0.476. The zero-order chi connectivity index (χ0) is 18.1. The summed E-state index contributed by atoms with van der Waals surface area (Å²) in [5.74, 6) is 0.763. The number of aromatic amines is 1. The van der Waals surface area contributed by atoms with Gasteiger partial charge in [-0.2, -0.15) is 0 Å². The maximum absolute atomic E-state index is 9.96. The maximum atomic E-state index is 9.96. The number of anilines is 1. The van der Waals surface area contributed by atoms with Crippen molar-refractivity contribution in [2.75, 3.05) is 5.73 Å². The minimum absolute atomic E-state index is 0.0661. The number of hydrogen-bond acceptors (Lipinski definition) is 5. The fraction of sp³-hybridized carbons (Fsp3) is 0.0500. The average molecular weight is 343 g/mol. The van der Waals surface area contributed by atoms with Crippen LogP contribution < -0.4 is 5.73 Å². The van der Waals surface area contributed by atoms with Gasteiger partial charge in [0, 0.05) is 34.8 Å². The molecule has 4 N–H and O–H groups in total. The molecule has 0 atom stereocenters. The third-order valence-electron chi connectivity index (χ3n) is 4.11. The van der Waals surface area contributed by atoms with E-state index < -0.39 is 0 Å². The molecule has 0 aliphatic carbocycles. The van der Waals surface area contributed by atoms with Gasteiger partial charge in [-0.25, -0.2) is 9.97 Å². The topological polar surface area (TPSA) is 101 Å². The highest BCUT2D eigenvalue weighted by molar-refractivity contribution is 5.82. The molecule has 3 aromatic heterocycles. The van der Waals surface area contributed by atoms with Crippen LogP contribution in [0.1, 0.15) is 5.69 Å². The van der Waals surface area contributed by atoms with Crippen LogP contribution in [0.2, 0.25) is 0 Å². The molecule has 0 amide bonds. The van der Waals surface area contributed by atoms with Crippen molar-refractivity contribution in [3.8, 4) is 39.7 Å². The van der Waals surface area contributed by atoms with Crippen LogP contribution in [0.25, 0.3) is 33.9 Å². The number of nitrogens with one attached hydrogen (secondary N) is 1. The van der Waals surface area contributed by atoms with E-state index in [1.807, 2.05) is 49.4 Å². The predicted octanol–water partition coefficient (Wildman–Crippen LogP) is 3.80. The first-order chi connectivity index (χ1) is 12.6. The van der Waals surface area contributed by atoms with Gasteiger partial charge in [-0.15, -0.1) is 0 Å². The molecule has 0 unspecified atom stereocenters. The molecule has 4 aromatic rings. The van der Waals surface area contributed by atoms with Gasteiger partial charge in [0.05, 0.1) is 11.4 Å². The number of aromatic hydroxyl groups is 1. The lowest BCUT2D eigenvalue weighted by atomic mass is 10.1. The number of rotatable bonds is 3. The van der Waals surface area contributed by atoms with Crippen LogP contribution in [-0.2, 0) is 0 Å². The van der Waals surface area contributed by atoms with Crippen LogP contribution in [0.15, 0.2) is 60.9 Å². The van der Waals surface area contributed by atoms with E-state index in [0.717, 1.165) is 28.3 Å². The number of H-pyrrole nitrogens is 1. The van der Waals surface area contributed by atoms with Gasteiger partial charge >= 0.3 is 0 Å². The molecule has 0 aliphatic heterocycles. The summed E-state index contributed by atoms with van der Waals surface area (Å²) in [7, 11) is 0. The number of benzene rings is 1. The smallest absolute Gasteiger partial charge is 0.165 e. The van der Waals surface area contributed by atoms with Crippen molar-refractivity contribution in [3.63, 3.8) is 0 Å². The van der Waals surface area contributed by atoms with Crippen LogP contribution in [0, 0.1) is 6.92 Å². The summed E-state index contributed by atoms with van der Waals surface area (Å²) in [6, 6.07) is 15.3. The van der Waals surface area contributed by atoms with Gasteiger partial charge in [-0.3, -0.25) is 4.98 Å². The Labute approximate surface area is 150 Å². The number of aryl methyl sites for hydroxylation is 1. The number of hydrogen-bond donors (Lipinski definition) is 3. The van der Waals surface area contributed by atoms with E-state index in [0.29, 0.717) is 11.3 Å². The zero-order valence-electron chi connectivity index (χ0n) is 14.1. The quantitative estimate of drug-likeness (QED) is 0.525. The van der Waals surface area contributed by atoms with E-state index in [1.54, 1.807) is 18.5 Å². The molecule has 4 rings (SSSR count). The molecule has 0 bridgehead atoms. The number of nitrogens with two attached hydrogens (primary N) is 1. The summed E-state index contributed by atoms with van der Waals surface area (Å²) in [5, 5.41) is 9.96. The molecule has 26 heavy (non-hydrogen) atoms. The molecular weight excluding hydrogens is 326 g/mol. The average Bonchev–Trinajstić information content (AvgIpc) is 3.10. The van der Waals surface area contributed by atoms with Gasteiger partial charge in [0.15, 0.2) is 11.6 Å². The number of imidazole rings is 1. The fourth-order valence-electron chi connectivity index (χ4n) is 2.82. The molecule has 0 saturated heterocycles. The van der Waals surface area contributed by atoms with Crippen molar-refractivity contribution in [3.05, 3.63) is 66.6 Å². The molecule has 0 radical (unpaired) electrons. The molecule has 6 heteroatoms. The number of nitrogen functional groups attached to an aromatic ring is 1. The standard InChI is InChI=1S/C20H17N5O/c1-12-9-14(7-8-22-12)17-18(15-10-16(26)19(21)23-11-15)25-20(24-17)13-5-3-2-4-6-13/h2-11,26H,1H3,(H2,21,23)(H,24,25).